The molecule has 2 saturated heterocycles. The fraction of sp³-hybridized carbons (Fsp3) is 0.0833. The van der Waals surface area contributed by atoms with Crippen LogP contribution < -0.4 is 0 Å². The third-order valence-corrected chi connectivity index (χ3v) is 6.26. The summed E-state index contributed by atoms with van der Waals surface area (Å²) in [5.74, 6) is -1.24. The average Bonchev–Trinajstić information content (AvgIpc) is 3.60. The van der Waals surface area contributed by atoms with E-state index in [2.05, 4.69) is 19.9 Å². The van der Waals surface area contributed by atoms with Crippen molar-refractivity contribution >= 4 is 57.8 Å². The van der Waals surface area contributed by atoms with E-state index in [9.17, 15) is 19.2 Å². The maximum Gasteiger partial charge on any atom is 0.351 e. The minimum atomic E-state index is -0.771. The van der Waals surface area contributed by atoms with E-state index in [-0.39, 0.29) is 11.4 Å². The Bertz CT molecular complexity index is 1560. The first kappa shape index (κ1) is 21.3. The first-order valence-electron chi connectivity index (χ1n) is 10.9. The van der Waals surface area contributed by atoms with Crippen molar-refractivity contribution in [2.75, 3.05) is 14.1 Å². The summed E-state index contributed by atoms with van der Waals surface area (Å²) < 4.78 is 0. The van der Waals surface area contributed by atoms with Gasteiger partial charge in [0.2, 0.25) is 0 Å². The van der Waals surface area contributed by atoms with Gasteiger partial charge in [-0.15, -0.1) is 0 Å². The van der Waals surface area contributed by atoms with Gasteiger partial charge < -0.3 is 9.97 Å². The molecule has 2 aliphatic rings. The number of rotatable bonds is 3. The third kappa shape index (κ3) is 2.94. The number of nitrogens with zero attached hydrogens (tertiary/aromatic N) is 6. The summed E-state index contributed by atoms with van der Waals surface area (Å²) in [5, 5.41) is 3.31. The van der Waals surface area contributed by atoms with Crippen LogP contribution in [0.4, 0.5) is 9.59 Å². The molecule has 6 rings (SSSR count). The van der Waals surface area contributed by atoms with Gasteiger partial charge in [-0.2, -0.15) is 10.0 Å². The fourth-order valence-corrected chi connectivity index (χ4v) is 4.32. The predicted molar refractivity (Wildman–Crippen MR) is 128 cm³/mol. The molecule has 0 radical (unpaired) electrons. The van der Waals surface area contributed by atoms with Gasteiger partial charge in [0.1, 0.15) is 11.4 Å². The number of likely N-dealkylation sites (N-methyl/N-ethyl adjacent to an activating group) is 2. The number of carbonyl (C=O) groups is 4. The number of aromatic amines is 2. The molecule has 178 valence electrons. The van der Waals surface area contributed by atoms with Crippen molar-refractivity contribution in [1.82, 2.24) is 39.8 Å². The number of H-pyrrole nitrogens is 2. The van der Waals surface area contributed by atoms with Crippen molar-refractivity contribution in [3.63, 3.8) is 0 Å². The molecule has 4 aromatic rings. The highest BCUT2D eigenvalue weighted by Crippen LogP contribution is 2.34. The van der Waals surface area contributed by atoms with Gasteiger partial charge in [-0.25, -0.2) is 9.59 Å². The monoisotopic (exact) mass is 482 g/mol. The lowest BCUT2D eigenvalue weighted by Gasteiger charge is -2.26. The van der Waals surface area contributed by atoms with Crippen molar-refractivity contribution in [3.05, 3.63) is 71.8 Å². The molecule has 4 aromatic heterocycles. The molecular weight excluding hydrogens is 464 g/mol. The summed E-state index contributed by atoms with van der Waals surface area (Å²) in [6, 6.07) is 2.01. The van der Waals surface area contributed by atoms with Gasteiger partial charge >= 0.3 is 12.1 Å². The molecule has 0 unspecified atom stereocenters. The first-order valence-corrected chi connectivity index (χ1v) is 10.9. The summed E-state index contributed by atoms with van der Waals surface area (Å²) in [6.07, 6.45) is 12.8. The molecule has 0 aromatic carbocycles. The lowest BCUT2D eigenvalue weighted by atomic mass is 10.2. The summed E-state index contributed by atoms with van der Waals surface area (Å²) >= 11 is 0. The summed E-state index contributed by atoms with van der Waals surface area (Å²) in [4.78, 5) is 68.9. The molecule has 36 heavy (non-hydrogen) atoms. The normalized spacial score (nSPS) is 18.9. The van der Waals surface area contributed by atoms with Crippen molar-refractivity contribution in [2.45, 2.75) is 0 Å². The molecule has 0 atom stereocenters. The molecule has 2 N–H and O–H groups in total. The van der Waals surface area contributed by atoms with Crippen LogP contribution in [0.3, 0.4) is 0 Å². The molecule has 6 heterocycles. The number of urea groups is 2. The lowest BCUT2D eigenvalue weighted by molar-refractivity contribution is -0.123. The molecule has 2 aliphatic heterocycles. The van der Waals surface area contributed by atoms with Gasteiger partial charge in [-0.05, 0) is 24.3 Å². The van der Waals surface area contributed by atoms with E-state index in [0.717, 1.165) is 41.6 Å². The highest BCUT2D eigenvalue weighted by atomic mass is 16.2. The lowest BCUT2D eigenvalue weighted by Crippen LogP contribution is -2.45. The number of hydrogen-bond donors (Lipinski definition) is 2. The Hall–Kier alpha value is -5.26. The molecule has 0 spiro atoms. The van der Waals surface area contributed by atoms with Crippen LogP contribution in [0, 0.1) is 0 Å². The smallest absolute Gasteiger partial charge is 0.351 e. The van der Waals surface area contributed by atoms with Crippen LogP contribution in [0.5, 0.6) is 0 Å². The number of hydrogen-bond acceptors (Lipinski definition) is 6. The van der Waals surface area contributed by atoms with Gasteiger partial charge in [-0.1, -0.05) is 0 Å². The maximum absolute atomic E-state index is 13.2. The van der Waals surface area contributed by atoms with Crippen molar-refractivity contribution in [1.29, 1.82) is 0 Å². The number of fused-ring (bicyclic) bond motifs is 2. The Morgan fingerprint density at radius 3 is 1.53 bits per heavy atom. The van der Waals surface area contributed by atoms with Gasteiger partial charge in [0.05, 0.1) is 0 Å². The predicted octanol–water partition coefficient (Wildman–Crippen LogP) is 2.52. The Balaban J connectivity index is 1.51. The van der Waals surface area contributed by atoms with E-state index < -0.39 is 23.9 Å². The standard InChI is InChI=1S/C24H18N8O4/c1-29-21(33)19(7-13-9-27-17-3-5-25-11-15(13)17)31(23(29)35)32-20(22(34)30(2)24(32)36)8-14-10-28-18-4-6-26-12-16(14)18/h3-12,27-28H,1-2H3/b19-7-,20-8-. The third-order valence-electron chi connectivity index (χ3n) is 6.26. The van der Waals surface area contributed by atoms with Gasteiger partial charge in [-0.3, -0.25) is 29.4 Å². The topological polar surface area (TPSA) is 139 Å². The fourth-order valence-electron chi connectivity index (χ4n) is 4.32. The van der Waals surface area contributed by atoms with E-state index in [1.807, 2.05) is 0 Å². The minimum Gasteiger partial charge on any atom is -0.360 e. The largest absolute Gasteiger partial charge is 0.360 e. The summed E-state index contributed by atoms with van der Waals surface area (Å²) in [5.41, 5.74) is 2.58. The number of pyridine rings is 2. The Labute approximate surface area is 203 Å². The Morgan fingerprint density at radius 1 is 0.694 bits per heavy atom. The van der Waals surface area contributed by atoms with Crippen LogP contribution in [-0.4, -0.2) is 77.7 Å². The van der Waals surface area contributed by atoms with Crippen LogP contribution in [0.1, 0.15) is 11.1 Å². The summed E-state index contributed by atoms with van der Waals surface area (Å²) in [7, 11) is 2.63. The second-order valence-electron chi connectivity index (χ2n) is 8.31. The Morgan fingerprint density at radius 2 is 1.11 bits per heavy atom. The quantitative estimate of drug-likeness (QED) is 0.340. The minimum absolute atomic E-state index is 0.0878. The Kier molecular flexibility index (Phi) is 4.51. The molecule has 0 bridgehead atoms. The number of aromatic nitrogens is 4. The van der Waals surface area contributed by atoms with Gasteiger partial charge in [0.25, 0.3) is 11.8 Å². The molecule has 2 fully saturated rings. The molecule has 12 nitrogen and oxygen atoms in total. The van der Waals surface area contributed by atoms with Crippen molar-refractivity contribution in [3.8, 4) is 0 Å². The highest BCUT2D eigenvalue weighted by molar-refractivity contribution is 6.19. The number of amides is 6. The molecule has 0 aliphatic carbocycles. The zero-order chi connectivity index (χ0) is 25.1. The van der Waals surface area contributed by atoms with Gasteiger partial charge in [0.15, 0.2) is 0 Å². The van der Waals surface area contributed by atoms with Gasteiger partial charge in [0, 0.05) is 84.2 Å². The van der Waals surface area contributed by atoms with E-state index in [4.69, 9.17) is 0 Å². The van der Waals surface area contributed by atoms with Crippen LogP contribution in [0.2, 0.25) is 0 Å². The van der Waals surface area contributed by atoms with E-state index in [1.54, 1.807) is 49.3 Å². The highest BCUT2D eigenvalue weighted by Gasteiger charge is 2.51. The van der Waals surface area contributed by atoms with E-state index in [1.165, 1.54) is 26.2 Å². The zero-order valence-electron chi connectivity index (χ0n) is 19.1. The molecule has 6 amide bonds. The number of imide groups is 2. The maximum atomic E-state index is 13.2. The molecular formula is C24H18N8O4. The first-order chi connectivity index (χ1) is 17.4. The SMILES string of the molecule is CN1C(=O)/C(=C/c2c[nH]c3ccncc23)N(N2C(=O)N(C)C(=O)/C2=C/c2c[nH]c3ccncc23)C1=O. The average molecular weight is 482 g/mol. The number of nitrogens with one attached hydrogen (secondary N) is 2. The van der Waals surface area contributed by atoms with E-state index in [0.29, 0.717) is 11.1 Å². The van der Waals surface area contributed by atoms with Crippen LogP contribution in [-0.2, 0) is 9.59 Å². The zero-order valence-corrected chi connectivity index (χ0v) is 19.1. The van der Waals surface area contributed by atoms with E-state index >= 15 is 0 Å². The van der Waals surface area contributed by atoms with Crippen LogP contribution in [0.15, 0.2) is 60.7 Å². The van der Waals surface area contributed by atoms with Crippen molar-refractivity contribution < 1.29 is 19.2 Å². The second kappa shape index (κ2) is 7.63. The van der Waals surface area contributed by atoms with Crippen molar-refractivity contribution in [2.24, 2.45) is 0 Å². The van der Waals surface area contributed by atoms with Crippen LogP contribution in [0.25, 0.3) is 34.0 Å². The summed E-state index contributed by atoms with van der Waals surface area (Å²) in [6.45, 7) is 0. The molecule has 12 heteroatoms. The second-order valence-corrected chi connectivity index (χ2v) is 8.31. The molecule has 0 saturated carbocycles. The van der Waals surface area contributed by atoms with Crippen LogP contribution >= 0.6 is 0 Å². The number of hydrazine groups is 1. The number of carbonyl (C=O) groups excluding carboxylic acids is 4.